The standard InChI is InChI=1S/C27H31FN6O2/c1-27-9-3-4-17(30-27)11-19(13-27)34(18-6-7-18)26-29-14-23(31-32-26)20-8-5-16(10-24(20)35)21-12-25(36)33(2)15-22(21)28/h5,8,10,12,14-15,17-19,30,35H,3-4,6-7,9,11,13H2,1-2H3/t17-,19-,27+/m0/s1. The van der Waals surface area contributed by atoms with Crippen LogP contribution in [0.4, 0.5) is 10.3 Å². The lowest BCUT2D eigenvalue weighted by Gasteiger charge is -2.50. The first-order chi connectivity index (χ1) is 17.3. The largest absolute Gasteiger partial charge is 0.507 e. The fraction of sp³-hybridized carbons (Fsp3) is 0.481. The maximum Gasteiger partial charge on any atom is 0.251 e. The number of fused-ring (bicyclic) bond motifs is 2. The summed E-state index contributed by atoms with van der Waals surface area (Å²) in [5.74, 6) is 0.0360. The van der Waals surface area contributed by atoms with Gasteiger partial charge in [-0.2, -0.15) is 0 Å². The van der Waals surface area contributed by atoms with Gasteiger partial charge in [0.25, 0.3) is 5.56 Å². The van der Waals surface area contributed by atoms with Crippen LogP contribution in [0.15, 0.2) is 41.5 Å². The average molecular weight is 491 g/mol. The lowest BCUT2D eigenvalue weighted by Crippen LogP contribution is -2.61. The third-order valence-corrected chi connectivity index (χ3v) is 7.95. The van der Waals surface area contributed by atoms with E-state index in [4.69, 9.17) is 0 Å². The Morgan fingerprint density at radius 1 is 1.17 bits per heavy atom. The Labute approximate surface area is 209 Å². The number of hydrogen-bond donors (Lipinski definition) is 2. The number of aromatic nitrogens is 4. The highest BCUT2D eigenvalue weighted by molar-refractivity contribution is 5.74. The van der Waals surface area contributed by atoms with Crippen LogP contribution in [0.2, 0.25) is 0 Å². The summed E-state index contributed by atoms with van der Waals surface area (Å²) >= 11 is 0. The fourth-order valence-corrected chi connectivity index (χ4v) is 6.08. The van der Waals surface area contributed by atoms with E-state index in [1.165, 1.54) is 43.0 Å². The van der Waals surface area contributed by atoms with Gasteiger partial charge < -0.3 is 19.9 Å². The van der Waals surface area contributed by atoms with E-state index < -0.39 is 5.82 Å². The second-order valence-corrected chi connectivity index (χ2v) is 10.9. The first-order valence-electron chi connectivity index (χ1n) is 12.8. The third kappa shape index (κ3) is 4.25. The van der Waals surface area contributed by atoms with Gasteiger partial charge in [-0.15, -0.1) is 10.2 Å². The van der Waals surface area contributed by atoms with Gasteiger partial charge in [-0.1, -0.05) is 12.5 Å². The molecule has 1 aromatic carbocycles. The van der Waals surface area contributed by atoms with Crippen molar-refractivity contribution in [3.05, 3.63) is 52.8 Å². The SMILES string of the molecule is Cn1cc(F)c(-c2ccc(-c3cnc(N(C4CC4)[C@H]4C[C@@H]5CCC[C@](C)(C4)N5)nn3)c(O)c2)cc1=O. The summed E-state index contributed by atoms with van der Waals surface area (Å²) in [6.07, 6.45) is 11.0. The second kappa shape index (κ2) is 8.65. The molecule has 3 fully saturated rings. The quantitative estimate of drug-likeness (QED) is 0.562. The van der Waals surface area contributed by atoms with Crippen molar-refractivity contribution < 1.29 is 9.50 Å². The molecule has 36 heavy (non-hydrogen) atoms. The zero-order valence-electron chi connectivity index (χ0n) is 20.6. The van der Waals surface area contributed by atoms with Crippen LogP contribution in [0.3, 0.4) is 0 Å². The second-order valence-electron chi connectivity index (χ2n) is 10.9. The molecule has 6 rings (SSSR count). The van der Waals surface area contributed by atoms with Crippen molar-refractivity contribution in [1.82, 2.24) is 25.1 Å². The minimum absolute atomic E-state index is 0.0745. The van der Waals surface area contributed by atoms with Crippen LogP contribution < -0.4 is 15.8 Å². The minimum atomic E-state index is -0.536. The molecule has 2 N–H and O–H groups in total. The van der Waals surface area contributed by atoms with Crippen LogP contribution in [-0.2, 0) is 7.05 Å². The van der Waals surface area contributed by atoms with E-state index in [0.717, 1.165) is 31.9 Å². The molecule has 2 bridgehead atoms. The summed E-state index contributed by atoms with van der Waals surface area (Å²) in [5.41, 5.74) is 1.29. The third-order valence-electron chi connectivity index (χ3n) is 7.95. The molecule has 188 valence electrons. The molecule has 0 unspecified atom stereocenters. The topological polar surface area (TPSA) is 96.2 Å². The number of phenols is 1. The lowest BCUT2D eigenvalue weighted by molar-refractivity contribution is 0.138. The van der Waals surface area contributed by atoms with Crippen molar-refractivity contribution in [2.24, 2.45) is 7.05 Å². The number of piperidine rings is 2. The molecule has 2 aliphatic heterocycles. The van der Waals surface area contributed by atoms with Gasteiger partial charge in [-0.25, -0.2) is 9.37 Å². The Hall–Kier alpha value is -3.33. The van der Waals surface area contributed by atoms with Gasteiger partial charge in [-0.05, 0) is 63.1 Å². The van der Waals surface area contributed by atoms with Gasteiger partial charge in [0.1, 0.15) is 17.3 Å². The Kier molecular flexibility index (Phi) is 5.55. The molecule has 3 atom stereocenters. The lowest BCUT2D eigenvalue weighted by atomic mass is 9.75. The van der Waals surface area contributed by atoms with E-state index in [0.29, 0.717) is 40.9 Å². The molecule has 2 aromatic heterocycles. The van der Waals surface area contributed by atoms with Crippen LogP contribution in [0.25, 0.3) is 22.4 Å². The van der Waals surface area contributed by atoms with Crippen LogP contribution in [0.1, 0.15) is 51.9 Å². The summed E-state index contributed by atoms with van der Waals surface area (Å²) in [6, 6.07) is 7.37. The Morgan fingerprint density at radius 2 is 2.00 bits per heavy atom. The molecular weight excluding hydrogens is 459 g/mol. The molecule has 9 heteroatoms. The van der Waals surface area contributed by atoms with E-state index in [-0.39, 0.29) is 22.4 Å². The van der Waals surface area contributed by atoms with Gasteiger partial charge in [-0.3, -0.25) is 4.79 Å². The first-order valence-corrected chi connectivity index (χ1v) is 12.8. The highest BCUT2D eigenvalue weighted by atomic mass is 19.1. The number of phenolic OH excluding ortho intramolecular Hbond substituents is 1. The first kappa shape index (κ1) is 23.1. The number of aryl methyl sites for hydroxylation is 1. The van der Waals surface area contributed by atoms with E-state index >= 15 is 0 Å². The summed E-state index contributed by atoms with van der Waals surface area (Å²) in [4.78, 5) is 19.0. The molecule has 1 saturated carbocycles. The van der Waals surface area contributed by atoms with Gasteiger partial charge in [0, 0.05) is 54.1 Å². The van der Waals surface area contributed by atoms with Gasteiger partial charge in [0.2, 0.25) is 5.95 Å². The van der Waals surface area contributed by atoms with Crippen LogP contribution in [-0.4, -0.2) is 48.5 Å². The maximum atomic E-state index is 14.4. The Bertz CT molecular complexity index is 1360. The van der Waals surface area contributed by atoms with Crippen molar-refractivity contribution in [3.63, 3.8) is 0 Å². The predicted octanol–water partition coefficient (Wildman–Crippen LogP) is 3.78. The summed E-state index contributed by atoms with van der Waals surface area (Å²) in [6.45, 7) is 2.34. The molecule has 0 amide bonds. The average Bonchev–Trinajstić information content (AvgIpc) is 3.66. The van der Waals surface area contributed by atoms with Crippen molar-refractivity contribution in [1.29, 1.82) is 0 Å². The number of nitrogens with zero attached hydrogens (tertiary/aromatic N) is 5. The van der Waals surface area contributed by atoms with Gasteiger partial charge in [0.15, 0.2) is 0 Å². The number of aromatic hydroxyl groups is 1. The van der Waals surface area contributed by atoms with E-state index in [1.807, 2.05) is 0 Å². The molecule has 3 aliphatic rings. The number of benzene rings is 1. The van der Waals surface area contributed by atoms with Crippen molar-refractivity contribution in [2.45, 2.75) is 75.5 Å². The fourth-order valence-electron chi connectivity index (χ4n) is 6.08. The maximum absolute atomic E-state index is 14.4. The summed E-state index contributed by atoms with van der Waals surface area (Å²) in [5, 5.41) is 23.4. The summed E-state index contributed by atoms with van der Waals surface area (Å²) in [7, 11) is 1.49. The minimum Gasteiger partial charge on any atom is -0.507 e. The van der Waals surface area contributed by atoms with Crippen LogP contribution >= 0.6 is 0 Å². The normalized spacial score (nSPS) is 25.5. The zero-order valence-corrected chi connectivity index (χ0v) is 20.6. The smallest absolute Gasteiger partial charge is 0.251 e. The van der Waals surface area contributed by atoms with Crippen molar-refractivity contribution >= 4 is 5.95 Å². The molecular formula is C27H31FN6O2. The highest BCUT2D eigenvalue weighted by Gasteiger charge is 2.45. The molecule has 0 spiro atoms. The van der Waals surface area contributed by atoms with Crippen molar-refractivity contribution in [2.75, 3.05) is 4.90 Å². The number of hydrogen-bond acceptors (Lipinski definition) is 7. The number of nitrogens with one attached hydrogen (secondary N) is 1. The monoisotopic (exact) mass is 490 g/mol. The van der Waals surface area contributed by atoms with Crippen molar-refractivity contribution in [3.8, 4) is 28.1 Å². The van der Waals surface area contributed by atoms with Gasteiger partial charge >= 0.3 is 0 Å². The Morgan fingerprint density at radius 3 is 2.69 bits per heavy atom. The Balaban J connectivity index is 1.26. The molecule has 0 radical (unpaired) electrons. The number of pyridine rings is 1. The molecule has 3 aromatic rings. The number of rotatable bonds is 5. The van der Waals surface area contributed by atoms with E-state index in [9.17, 15) is 14.3 Å². The van der Waals surface area contributed by atoms with Crippen LogP contribution in [0, 0.1) is 5.82 Å². The van der Waals surface area contributed by atoms with Crippen LogP contribution in [0.5, 0.6) is 5.75 Å². The zero-order chi connectivity index (χ0) is 25.0. The van der Waals surface area contributed by atoms with Gasteiger partial charge in [0.05, 0.1) is 6.20 Å². The number of anilines is 1. The molecule has 1 aliphatic carbocycles. The predicted molar refractivity (Wildman–Crippen MR) is 135 cm³/mol. The molecule has 8 nitrogen and oxygen atoms in total. The highest BCUT2D eigenvalue weighted by Crippen LogP contribution is 2.41. The van der Waals surface area contributed by atoms with E-state index in [2.05, 4.69) is 32.3 Å². The van der Waals surface area contributed by atoms with E-state index in [1.54, 1.807) is 18.3 Å². The number of halogens is 1. The molecule has 2 saturated heterocycles. The summed E-state index contributed by atoms with van der Waals surface area (Å²) < 4.78 is 15.6. The molecule has 4 heterocycles.